The van der Waals surface area contributed by atoms with Gasteiger partial charge >= 0.3 is 6.03 Å². The number of rotatable bonds is 4. The number of aromatic nitrogens is 1. The molecule has 3 rings (SSSR count). The zero-order valence-electron chi connectivity index (χ0n) is 13.8. The number of nitrogens with zero attached hydrogens (tertiary/aromatic N) is 1. The van der Waals surface area contributed by atoms with Gasteiger partial charge in [-0.05, 0) is 24.6 Å². The molecule has 0 aliphatic heterocycles. The number of fused-ring (bicyclic) bond motifs is 1. The normalized spacial score (nSPS) is 12.1. The number of amides is 2. The predicted octanol–water partition coefficient (Wildman–Crippen LogP) is 3.34. The third-order valence-corrected chi connectivity index (χ3v) is 4.14. The van der Waals surface area contributed by atoms with E-state index in [4.69, 9.17) is 0 Å². The average Bonchev–Trinajstić information content (AvgIpc) is 2.92. The molecule has 0 bridgehead atoms. The standard InChI is InChI=1S/C19H21N3O2/c1-13-7-3-5-9-16(13)21-19(24)20-11-18(23)15-12-22(2)17-10-6-4-8-14(15)17/h3-10,12,18,23H,11H2,1-2H3,(H2,20,21,24)/t18-/m0/s1. The van der Waals surface area contributed by atoms with Gasteiger partial charge in [0.15, 0.2) is 0 Å². The molecule has 0 aliphatic carbocycles. The first-order chi connectivity index (χ1) is 11.6. The van der Waals surface area contributed by atoms with E-state index < -0.39 is 6.10 Å². The molecule has 2 aromatic carbocycles. The van der Waals surface area contributed by atoms with Crippen LogP contribution >= 0.6 is 0 Å². The second-order valence-corrected chi connectivity index (χ2v) is 5.88. The molecule has 3 aromatic rings. The second kappa shape index (κ2) is 6.76. The minimum Gasteiger partial charge on any atom is -0.386 e. The van der Waals surface area contributed by atoms with Crippen LogP contribution in [0.5, 0.6) is 0 Å². The Hall–Kier alpha value is -2.79. The zero-order valence-corrected chi connectivity index (χ0v) is 13.8. The van der Waals surface area contributed by atoms with Gasteiger partial charge in [-0.1, -0.05) is 36.4 Å². The van der Waals surface area contributed by atoms with Crippen molar-refractivity contribution >= 4 is 22.6 Å². The van der Waals surface area contributed by atoms with Crippen LogP contribution in [0.3, 0.4) is 0 Å². The summed E-state index contributed by atoms with van der Waals surface area (Å²) in [6.45, 7) is 2.08. The predicted molar refractivity (Wildman–Crippen MR) is 96.1 cm³/mol. The Morgan fingerprint density at radius 3 is 2.67 bits per heavy atom. The summed E-state index contributed by atoms with van der Waals surface area (Å²) in [5.41, 5.74) is 3.61. The summed E-state index contributed by atoms with van der Waals surface area (Å²) in [6, 6.07) is 15.1. The van der Waals surface area contributed by atoms with E-state index in [-0.39, 0.29) is 12.6 Å². The lowest BCUT2D eigenvalue weighted by Crippen LogP contribution is -2.32. The molecule has 3 N–H and O–H groups in total. The molecule has 24 heavy (non-hydrogen) atoms. The lowest BCUT2D eigenvalue weighted by atomic mass is 10.1. The quantitative estimate of drug-likeness (QED) is 0.689. The van der Waals surface area contributed by atoms with Gasteiger partial charge in [-0.15, -0.1) is 0 Å². The summed E-state index contributed by atoms with van der Waals surface area (Å²) < 4.78 is 1.97. The topological polar surface area (TPSA) is 66.3 Å². The molecule has 0 saturated heterocycles. The Morgan fingerprint density at radius 1 is 1.17 bits per heavy atom. The molecule has 1 aromatic heterocycles. The van der Waals surface area contributed by atoms with Gasteiger partial charge < -0.3 is 20.3 Å². The summed E-state index contributed by atoms with van der Waals surface area (Å²) in [6.07, 6.45) is 1.13. The first-order valence-electron chi connectivity index (χ1n) is 7.89. The summed E-state index contributed by atoms with van der Waals surface area (Å²) in [5.74, 6) is 0. The van der Waals surface area contributed by atoms with Crippen LogP contribution in [-0.4, -0.2) is 22.2 Å². The van der Waals surface area contributed by atoms with E-state index in [1.807, 2.05) is 73.3 Å². The SMILES string of the molecule is Cc1ccccc1NC(=O)NC[C@H](O)c1cn(C)c2ccccc12. The fourth-order valence-corrected chi connectivity index (χ4v) is 2.82. The molecule has 0 unspecified atom stereocenters. The van der Waals surface area contributed by atoms with Crippen molar-refractivity contribution in [1.82, 2.24) is 9.88 Å². The highest BCUT2D eigenvalue weighted by molar-refractivity contribution is 5.90. The number of para-hydroxylation sites is 2. The number of urea groups is 1. The van der Waals surface area contributed by atoms with Gasteiger partial charge in [0.1, 0.15) is 0 Å². The molecule has 0 spiro atoms. The van der Waals surface area contributed by atoms with Crippen molar-refractivity contribution in [2.75, 3.05) is 11.9 Å². The van der Waals surface area contributed by atoms with Crippen molar-refractivity contribution in [2.24, 2.45) is 7.05 Å². The van der Waals surface area contributed by atoms with Crippen LogP contribution in [-0.2, 0) is 7.05 Å². The Morgan fingerprint density at radius 2 is 1.88 bits per heavy atom. The van der Waals surface area contributed by atoms with E-state index in [2.05, 4.69) is 10.6 Å². The maximum atomic E-state index is 12.0. The van der Waals surface area contributed by atoms with Crippen molar-refractivity contribution in [3.63, 3.8) is 0 Å². The van der Waals surface area contributed by atoms with E-state index in [0.29, 0.717) is 0 Å². The average molecular weight is 323 g/mol. The van der Waals surface area contributed by atoms with Crippen LogP contribution in [0.2, 0.25) is 0 Å². The lowest BCUT2D eigenvalue weighted by molar-refractivity contribution is 0.176. The summed E-state index contributed by atoms with van der Waals surface area (Å²) in [7, 11) is 1.94. The van der Waals surface area contributed by atoms with E-state index in [1.54, 1.807) is 0 Å². The Kier molecular flexibility index (Phi) is 4.53. The van der Waals surface area contributed by atoms with Crippen LogP contribution in [0, 0.1) is 6.92 Å². The van der Waals surface area contributed by atoms with Crippen molar-refractivity contribution in [2.45, 2.75) is 13.0 Å². The number of anilines is 1. The van der Waals surface area contributed by atoms with Crippen LogP contribution in [0.15, 0.2) is 54.7 Å². The molecule has 0 saturated carbocycles. The maximum absolute atomic E-state index is 12.0. The molecule has 5 nitrogen and oxygen atoms in total. The summed E-state index contributed by atoms with van der Waals surface area (Å²) in [5, 5.41) is 17.0. The van der Waals surface area contributed by atoms with Gasteiger partial charge in [0.25, 0.3) is 0 Å². The molecule has 1 atom stereocenters. The monoisotopic (exact) mass is 323 g/mol. The zero-order chi connectivity index (χ0) is 17.1. The Balaban J connectivity index is 1.65. The fourth-order valence-electron chi connectivity index (χ4n) is 2.82. The van der Waals surface area contributed by atoms with E-state index in [9.17, 15) is 9.90 Å². The van der Waals surface area contributed by atoms with Crippen LogP contribution in [0.1, 0.15) is 17.2 Å². The Bertz CT molecular complexity index is 870. The number of carbonyl (C=O) groups excluding carboxylic acids is 1. The first-order valence-corrected chi connectivity index (χ1v) is 7.89. The third-order valence-electron chi connectivity index (χ3n) is 4.14. The number of aliphatic hydroxyl groups is 1. The van der Waals surface area contributed by atoms with Crippen LogP contribution in [0.4, 0.5) is 10.5 Å². The van der Waals surface area contributed by atoms with E-state index in [1.165, 1.54) is 0 Å². The second-order valence-electron chi connectivity index (χ2n) is 5.88. The largest absolute Gasteiger partial charge is 0.386 e. The third kappa shape index (κ3) is 3.26. The molecule has 5 heteroatoms. The number of carbonyl (C=O) groups is 1. The van der Waals surface area contributed by atoms with E-state index in [0.717, 1.165) is 27.7 Å². The number of aliphatic hydroxyl groups excluding tert-OH is 1. The fraction of sp³-hybridized carbons (Fsp3) is 0.211. The van der Waals surface area contributed by atoms with Gasteiger partial charge in [0.2, 0.25) is 0 Å². The minimum absolute atomic E-state index is 0.145. The lowest BCUT2D eigenvalue weighted by Gasteiger charge is -2.13. The van der Waals surface area contributed by atoms with Gasteiger partial charge in [-0.2, -0.15) is 0 Å². The molecule has 1 heterocycles. The summed E-state index contributed by atoms with van der Waals surface area (Å²) in [4.78, 5) is 12.0. The first kappa shape index (κ1) is 16.1. The highest BCUT2D eigenvalue weighted by Gasteiger charge is 2.15. The number of aryl methyl sites for hydroxylation is 2. The Labute approximate surface area is 140 Å². The highest BCUT2D eigenvalue weighted by Crippen LogP contribution is 2.25. The molecule has 124 valence electrons. The highest BCUT2D eigenvalue weighted by atomic mass is 16.3. The van der Waals surface area contributed by atoms with Crippen LogP contribution < -0.4 is 10.6 Å². The molecule has 2 amide bonds. The number of nitrogens with one attached hydrogen (secondary N) is 2. The molecular formula is C19H21N3O2. The number of hydrogen-bond acceptors (Lipinski definition) is 2. The molecular weight excluding hydrogens is 302 g/mol. The minimum atomic E-state index is -0.765. The van der Waals surface area contributed by atoms with Gasteiger partial charge in [0, 0.05) is 41.9 Å². The van der Waals surface area contributed by atoms with Gasteiger partial charge in [-0.3, -0.25) is 0 Å². The molecule has 0 aliphatic rings. The number of benzene rings is 2. The van der Waals surface area contributed by atoms with Crippen molar-refractivity contribution < 1.29 is 9.90 Å². The van der Waals surface area contributed by atoms with Crippen molar-refractivity contribution in [3.05, 3.63) is 65.9 Å². The van der Waals surface area contributed by atoms with Crippen molar-refractivity contribution in [1.29, 1.82) is 0 Å². The van der Waals surface area contributed by atoms with Gasteiger partial charge in [0.05, 0.1) is 6.10 Å². The molecule has 0 radical (unpaired) electrons. The van der Waals surface area contributed by atoms with Gasteiger partial charge in [-0.25, -0.2) is 4.79 Å². The van der Waals surface area contributed by atoms with Crippen LogP contribution in [0.25, 0.3) is 10.9 Å². The molecule has 0 fully saturated rings. The van der Waals surface area contributed by atoms with Crippen molar-refractivity contribution in [3.8, 4) is 0 Å². The van der Waals surface area contributed by atoms with E-state index >= 15 is 0 Å². The summed E-state index contributed by atoms with van der Waals surface area (Å²) >= 11 is 0. The maximum Gasteiger partial charge on any atom is 0.319 e. The number of hydrogen-bond donors (Lipinski definition) is 3. The smallest absolute Gasteiger partial charge is 0.319 e.